The zero-order valence-corrected chi connectivity index (χ0v) is 14.9. The molecule has 0 bridgehead atoms. The van der Waals surface area contributed by atoms with Gasteiger partial charge in [-0.05, 0) is 61.9 Å². The van der Waals surface area contributed by atoms with Crippen molar-refractivity contribution < 1.29 is 19.1 Å². The maximum atomic E-state index is 12.3. The van der Waals surface area contributed by atoms with Gasteiger partial charge < -0.3 is 14.8 Å². The molecule has 26 heavy (non-hydrogen) atoms. The molecule has 0 heterocycles. The molecule has 3 rings (SSSR count). The number of anilines is 1. The fourth-order valence-corrected chi connectivity index (χ4v) is 3.19. The third kappa shape index (κ3) is 4.23. The summed E-state index contributed by atoms with van der Waals surface area (Å²) in [6, 6.07) is 12.8. The van der Waals surface area contributed by atoms with Gasteiger partial charge in [-0.2, -0.15) is 0 Å². The molecule has 0 fully saturated rings. The van der Waals surface area contributed by atoms with E-state index in [1.807, 2.05) is 12.1 Å². The highest BCUT2D eigenvalue weighted by molar-refractivity contribution is 6.01. The van der Waals surface area contributed by atoms with Gasteiger partial charge in [0.1, 0.15) is 5.75 Å². The van der Waals surface area contributed by atoms with Gasteiger partial charge in [0.25, 0.3) is 5.91 Å². The number of nitrogens with one attached hydrogen (secondary N) is 1. The summed E-state index contributed by atoms with van der Waals surface area (Å²) in [5.41, 5.74) is 3.27. The third-order valence-electron chi connectivity index (χ3n) is 4.41. The maximum Gasteiger partial charge on any atom is 0.340 e. The van der Waals surface area contributed by atoms with E-state index in [4.69, 9.17) is 9.47 Å². The number of fused-ring (bicyclic) bond motifs is 1. The molecule has 1 aliphatic carbocycles. The molecule has 2 aromatic rings. The molecule has 0 spiro atoms. The number of ether oxygens (including phenoxy) is 2. The van der Waals surface area contributed by atoms with E-state index in [2.05, 4.69) is 11.4 Å². The van der Waals surface area contributed by atoms with Gasteiger partial charge in [0.05, 0.1) is 17.9 Å². The Labute approximate surface area is 153 Å². The van der Waals surface area contributed by atoms with E-state index < -0.39 is 5.97 Å². The van der Waals surface area contributed by atoms with Crippen LogP contribution in [0.15, 0.2) is 42.5 Å². The van der Waals surface area contributed by atoms with E-state index in [-0.39, 0.29) is 19.1 Å². The highest BCUT2D eigenvalue weighted by Crippen LogP contribution is 2.29. The van der Waals surface area contributed by atoms with Crippen LogP contribution in [0.3, 0.4) is 0 Å². The smallest absolute Gasteiger partial charge is 0.340 e. The van der Waals surface area contributed by atoms with Gasteiger partial charge in [0.15, 0.2) is 6.61 Å². The second-order valence-corrected chi connectivity index (χ2v) is 6.20. The highest BCUT2D eigenvalue weighted by atomic mass is 16.5. The first-order valence-electron chi connectivity index (χ1n) is 8.98. The van der Waals surface area contributed by atoms with Crippen LogP contribution in [0.25, 0.3) is 0 Å². The van der Waals surface area contributed by atoms with Crippen molar-refractivity contribution in [3.8, 4) is 5.75 Å². The Morgan fingerprint density at radius 2 is 1.85 bits per heavy atom. The van der Waals surface area contributed by atoms with Crippen molar-refractivity contribution in [2.24, 2.45) is 0 Å². The summed E-state index contributed by atoms with van der Waals surface area (Å²) in [7, 11) is 0. The molecular weight excluding hydrogens is 330 g/mol. The number of para-hydroxylation sites is 1. The van der Waals surface area contributed by atoms with E-state index in [1.165, 1.54) is 17.5 Å². The first kappa shape index (κ1) is 18.0. The quantitative estimate of drug-likeness (QED) is 0.803. The van der Waals surface area contributed by atoms with Crippen LogP contribution >= 0.6 is 0 Å². The van der Waals surface area contributed by atoms with Crippen LogP contribution in [0.1, 0.15) is 41.3 Å². The Morgan fingerprint density at radius 1 is 1.04 bits per heavy atom. The number of aryl methyl sites for hydroxylation is 1. The van der Waals surface area contributed by atoms with E-state index in [9.17, 15) is 9.59 Å². The molecule has 0 saturated carbocycles. The zero-order valence-electron chi connectivity index (χ0n) is 14.9. The van der Waals surface area contributed by atoms with Crippen LogP contribution in [0.2, 0.25) is 0 Å². The molecule has 0 radical (unpaired) electrons. The lowest BCUT2D eigenvalue weighted by molar-refractivity contribution is -0.118. The van der Waals surface area contributed by atoms with E-state index in [0.717, 1.165) is 25.0 Å². The average molecular weight is 353 g/mol. The zero-order chi connectivity index (χ0) is 18.4. The van der Waals surface area contributed by atoms with Crippen molar-refractivity contribution in [1.29, 1.82) is 0 Å². The predicted octanol–water partition coefficient (Wildman–Crippen LogP) is 3.76. The fourth-order valence-electron chi connectivity index (χ4n) is 3.19. The number of rotatable bonds is 6. The number of esters is 1. The highest BCUT2D eigenvalue weighted by Gasteiger charge is 2.16. The lowest BCUT2D eigenvalue weighted by atomic mass is 9.91. The van der Waals surface area contributed by atoms with Crippen LogP contribution in [-0.2, 0) is 22.4 Å². The molecule has 0 aliphatic heterocycles. The Kier molecular flexibility index (Phi) is 5.89. The second-order valence-electron chi connectivity index (χ2n) is 6.20. The largest absolute Gasteiger partial charge is 0.483 e. The van der Waals surface area contributed by atoms with Crippen molar-refractivity contribution in [3.05, 3.63) is 59.2 Å². The molecule has 1 N–H and O–H groups in total. The van der Waals surface area contributed by atoms with Gasteiger partial charge in [-0.25, -0.2) is 4.79 Å². The first-order valence-corrected chi connectivity index (χ1v) is 8.98. The van der Waals surface area contributed by atoms with Gasteiger partial charge in [-0.15, -0.1) is 0 Å². The van der Waals surface area contributed by atoms with Gasteiger partial charge in [-0.3, -0.25) is 4.79 Å². The molecule has 2 aromatic carbocycles. The minimum Gasteiger partial charge on any atom is -0.483 e. The van der Waals surface area contributed by atoms with Gasteiger partial charge in [0, 0.05) is 0 Å². The molecule has 1 aliphatic rings. The van der Waals surface area contributed by atoms with E-state index in [1.54, 1.807) is 31.2 Å². The summed E-state index contributed by atoms with van der Waals surface area (Å²) in [6.07, 6.45) is 4.39. The topological polar surface area (TPSA) is 64.6 Å². The van der Waals surface area contributed by atoms with E-state index >= 15 is 0 Å². The number of carbonyl (C=O) groups excluding carboxylic acids is 2. The third-order valence-corrected chi connectivity index (χ3v) is 4.41. The summed E-state index contributed by atoms with van der Waals surface area (Å²) < 4.78 is 10.8. The second kappa shape index (κ2) is 8.52. The summed E-state index contributed by atoms with van der Waals surface area (Å²) >= 11 is 0. The summed E-state index contributed by atoms with van der Waals surface area (Å²) in [5, 5.41) is 2.74. The van der Waals surface area contributed by atoms with Crippen molar-refractivity contribution in [2.75, 3.05) is 18.5 Å². The van der Waals surface area contributed by atoms with Gasteiger partial charge >= 0.3 is 5.97 Å². The molecule has 136 valence electrons. The first-order chi connectivity index (χ1) is 12.7. The monoisotopic (exact) mass is 353 g/mol. The molecule has 0 aromatic heterocycles. The fraction of sp³-hybridized carbons (Fsp3) is 0.333. The minimum absolute atomic E-state index is 0.104. The molecule has 0 unspecified atom stereocenters. The number of hydrogen-bond acceptors (Lipinski definition) is 4. The molecule has 5 heteroatoms. The maximum absolute atomic E-state index is 12.3. The van der Waals surface area contributed by atoms with Crippen molar-refractivity contribution in [1.82, 2.24) is 0 Å². The number of carbonyl (C=O) groups is 2. The molecule has 1 amide bonds. The predicted molar refractivity (Wildman–Crippen MR) is 99.6 cm³/mol. The Morgan fingerprint density at radius 3 is 2.69 bits per heavy atom. The Balaban J connectivity index is 1.65. The minimum atomic E-state index is -0.457. The van der Waals surface area contributed by atoms with Crippen LogP contribution in [0.5, 0.6) is 5.75 Å². The van der Waals surface area contributed by atoms with Gasteiger partial charge in [0.2, 0.25) is 0 Å². The summed E-state index contributed by atoms with van der Waals surface area (Å²) in [5.74, 6) is 0.00707. The Bertz CT molecular complexity index is 800. The van der Waals surface area contributed by atoms with E-state index in [0.29, 0.717) is 11.3 Å². The number of amides is 1. The van der Waals surface area contributed by atoms with Gasteiger partial charge in [-0.1, -0.05) is 24.3 Å². The van der Waals surface area contributed by atoms with Crippen LogP contribution in [-0.4, -0.2) is 25.1 Å². The SMILES string of the molecule is CCOC(=O)c1ccccc1NC(=O)COc1cccc2c1CCCC2. The van der Waals surface area contributed by atoms with Crippen LogP contribution < -0.4 is 10.1 Å². The average Bonchev–Trinajstić information content (AvgIpc) is 2.67. The summed E-state index contributed by atoms with van der Waals surface area (Å²) in [6.45, 7) is 1.92. The standard InChI is InChI=1S/C21H23NO4/c1-2-25-21(24)17-11-5-6-12-18(17)22-20(23)14-26-19-13-7-9-15-8-3-4-10-16(15)19/h5-7,9,11-13H,2-4,8,10,14H2,1H3,(H,22,23). The molecule has 5 nitrogen and oxygen atoms in total. The Hall–Kier alpha value is -2.82. The van der Waals surface area contributed by atoms with Crippen molar-refractivity contribution >= 4 is 17.6 Å². The lowest BCUT2D eigenvalue weighted by Gasteiger charge is -2.19. The van der Waals surface area contributed by atoms with Crippen LogP contribution in [0, 0.1) is 0 Å². The normalized spacial score (nSPS) is 12.8. The number of benzene rings is 2. The molecule has 0 atom stereocenters. The van der Waals surface area contributed by atoms with Crippen LogP contribution in [0.4, 0.5) is 5.69 Å². The summed E-state index contributed by atoms with van der Waals surface area (Å²) in [4.78, 5) is 24.3. The van der Waals surface area contributed by atoms with Crippen molar-refractivity contribution in [2.45, 2.75) is 32.6 Å². The molecule has 0 saturated heterocycles. The lowest BCUT2D eigenvalue weighted by Crippen LogP contribution is -2.22. The molecular formula is C21H23NO4. The number of hydrogen-bond donors (Lipinski definition) is 1. The van der Waals surface area contributed by atoms with Crippen molar-refractivity contribution in [3.63, 3.8) is 0 Å².